The second kappa shape index (κ2) is 5.44. The lowest BCUT2D eigenvalue weighted by molar-refractivity contribution is 0.434. The van der Waals surface area contributed by atoms with E-state index in [4.69, 9.17) is 0 Å². The van der Waals surface area contributed by atoms with Crippen LogP contribution in [0.25, 0.3) is 5.95 Å². The Balaban J connectivity index is 2.23. The van der Waals surface area contributed by atoms with Crippen molar-refractivity contribution in [1.29, 1.82) is 0 Å². The van der Waals surface area contributed by atoms with Gasteiger partial charge in [0.25, 0.3) is 5.95 Å². The van der Waals surface area contributed by atoms with Crippen molar-refractivity contribution < 1.29 is 4.39 Å². The first-order chi connectivity index (χ1) is 8.33. The second-order valence-electron chi connectivity index (χ2n) is 3.44. The molecule has 0 amide bonds. The van der Waals surface area contributed by atoms with Crippen LogP contribution in [0.15, 0.2) is 24.8 Å². The number of rotatable bonds is 5. The number of nitrogens with one attached hydrogen (secondary N) is 1. The Bertz CT molecular complexity index is 457. The highest BCUT2D eigenvalue weighted by molar-refractivity contribution is 5.11. The quantitative estimate of drug-likeness (QED) is 0.826. The Morgan fingerprint density at radius 1 is 1.35 bits per heavy atom. The maximum absolute atomic E-state index is 12.1. The normalized spacial score (nSPS) is 12.6. The molecule has 0 saturated heterocycles. The van der Waals surface area contributed by atoms with E-state index in [2.05, 4.69) is 25.4 Å². The van der Waals surface area contributed by atoms with Crippen LogP contribution in [-0.2, 0) is 0 Å². The summed E-state index contributed by atoms with van der Waals surface area (Å²) in [6.45, 7) is 1.75. The fourth-order valence-electron chi connectivity index (χ4n) is 1.46. The van der Waals surface area contributed by atoms with Gasteiger partial charge >= 0.3 is 0 Å². The van der Waals surface area contributed by atoms with Crippen molar-refractivity contribution in [3.8, 4) is 5.95 Å². The van der Waals surface area contributed by atoms with E-state index in [0.717, 1.165) is 0 Å². The number of alkyl halides is 1. The van der Waals surface area contributed by atoms with Crippen molar-refractivity contribution in [3.63, 3.8) is 0 Å². The average Bonchev–Trinajstić information content (AvgIpc) is 2.86. The second-order valence-corrected chi connectivity index (χ2v) is 3.44. The van der Waals surface area contributed by atoms with E-state index in [1.165, 1.54) is 11.0 Å². The minimum absolute atomic E-state index is 0.114. The van der Waals surface area contributed by atoms with E-state index in [-0.39, 0.29) is 12.6 Å². The van der Waals surface area contributed by atoms with Crippen LogP contribution in [0, 0.1) is 0 Å². The monoisotopic (exact) mass is 236 g/mol. The highest BCUT2D eigenvalue weighted by Crippen LogP contribution is 2.10. The van der Waals surface area contributed by atoms with Gasteiger partial charge in [-0.1, -0.05) is 0 Å². The molecular formula is C10H13FN6. The SMILES string of the molecule is CC(NCCF)c1ncnn1-c1ncccn1. The molecule has 0 spiro atoms. The summed E-state index contributed by atoms with van der Waals surface area (Å²) in [5.41, 5.74) is 0. The van der Waals surface area contributed by atoms with Crippen LogP contribution in [0.4, 0.5) is 4.39 Å². The third-order valence-corrected chi connectivity index (χ3v) is 2.25. The van der Waals surface area contributed by atoms with Crippen molar-refractivity contribution in [2.24, 2.45) is 0 Å². The number of hydrogen-bond donors (Lipinski definition) is 1. The average molecular weight is 236 g/mol. The zero-order valence-corrected chi connectivity index (χ0v) is 9.41. The molecule has 0 radical (unpaired) electrons. The molecular weight excluding hydrogens is 223 g/mol. The maximum Gasteiger partial charge on any atom is 0.252 e. The van der Waals surface area contributed by atoms with Crippen LogP contribution in [0.3, 0.4) is 0 Å². The largest absolute Gasteiger partial charge is 0.305 e. The molecule has 0 aliphatic heterocycles. The zero-order chi connectivity index (χ0) is 12.1. The number of aromatic nitrogens is 5. The third-order valence-electron chi connectivity index (χ3n) is 2.25. The van der Waals surface area contributed by atoms with Crippen molar-refractivity contribution in [2.45, 2.75) is 13.0 Å². The van der Waals surface area contributed by atoms with Gasteiger partial charge in [0, 0.05) is 18.9 Å². The summed E-state index contributed by atoms with van der Waals surface area (Å²) < 4.78 is 13.6. The summed E-state index contributed by atoms with van der Waals surface area (Å²) in [7, 11) is 0. The Morgan fingerprint density at radius 3 is 2.82 bits per heavy atom. The number of hydrogen-bond acceptors (Lipinski definition) is 5. The van der Waals surface area contributed by atoms with Crippen LogP contribution in [0.1, 0.15) is 18.8 Å². The zero-order valence-electron chi connectivity index (χ0n) is 9.41. The molecule has 2 aromatic heterocycles. The molecule has 1 N–H and O–H groups in total. The van der Waals surface area contributed by atoms with E-state index in [0.29, 0.717) is 11.8 Å². The van der Waals surface area contributed by atoms with Gasteiger partial charge in [-0.3, -0.25) is 0 Å². The van der Waals surface area contributed by atoms with Crippen LogP contribution in [-0.4, -0.2) is 38.0 Å². The van der Waals surface area contributed by atoms with Crippen LogP contribution in [0.2, 0.25) is 0 Å². The van der Waals surface area contributed by atoms with Crippen LogP contribution < -0.4 is 5.32 Å². The van der Waals surface area contributed by atoms with Gasteiger partial charge in [0.2, 0.25) is 0 Å². The van der Waals surface area contributed by atoms with Crippen molar-refractivity contribution in [1.82, 2.24) is 30.0 Å². The molecule has 0 aromatic carbocycles. The lowest BCUT2D eigenvalue weighted by Gasteiger charge is -2.12. The first-order valence-corrected chi connectivity index (χ1v) is 5.29. The summed E-state index contributed by atoms with van der Waals surface area (Å²) >= 11 is 0. The molecule has 1 unspecified atom stereocenters. The van der Waals surface area contributed by atoms with E-state index in [1.807, 2.05) is 6.92 Å². The Kier molecular flexibility index (Phi) is 3.71. The van der Waals surface area contributed by atoms with Gasteiger partial charge in [-0.15, -0.1) is 0 Å². The predicted molar refractivity (Wildman–Crippen MR) is 59.3 cm³/mol. The summed E-state index contributed by atoms with van der Waals surface area (Å²) in [5.74, 6) is 1.11. The summed E-state index contributed by atoms with van der Waals surface area (Å²) in [6, 6.07) is 1.61. The topological polar surface area (TPSA) is 68.5 Å². The molecule has 90 valence electrons. The minimum Gasteiger partial charge on any atom is -0.305 e. The smallest absolute Gasteiger partial charge is 0.252 e. The van der Waals surface area contributed by atoms with Crippen molar-refractivity contribution in [2.75, 3.05) is 13.2 Å². The molecule has 0 aliphatic carbocycles. The third kappa shape index (κ3) is 2.62. The fourth-order valence-corrected chi connectivity index (χ4v) is 1.46. The van der Waals surface area contributed by atoms with Gasteiger partial charge in [0.15, 0.2) is 5.82 Å². The fraction of sp³-hybridized carbons (Fsp3) is 0.400. The van der Waals surface area contributed by atoms with Gasteiger partial charge < -0.3 is 5.32 Å². The highest BCUT2D eigenvalue weighted by atomic mass is 19.1. The van der Waals surface area contributed by atoms with Crippen molar-refractivity contribution in [3.05, 3.63) is 30.6 Å². The lowest BCUT2D eigenvalue weighted by Crippen LogP contribution is -2.24. The summed E-state index contributed by atoms with van der Waals surface area (Å²) in [6.07, 6.45) is 4.69. The first kappa shape index (κ1) is 11.6. The first-order valence-electron chi connectivity index (χ1n) is 5.29. The molecule has 1 atom stereocenters. The lowest BCUT2D eigenvalue weighted by atomic mass is 10.3. The number of nitrogens with zero attached hydrogens (tertiary/aromatic N) is 5. The maximum atomic E-state index is 12.1. The molecule has 17 heavy (non-hydrogen) atoms. The van der Waals surface area contributed by atoms with Crippen LogP contribution >= 0.6 is 0 Å². The standard InChI is InChI=1S/C10H13FN6/c1-8(12-6-3-11)9-15-7-16-17(9)10-13-4-2-5-14-10/h2,4-5,7-8,12H,3,6H2,1H3. The Labute approximate surface area is 97.9 Å². The van der Waals surface area contributed by atoms with Gasteiger partial charge in [-0.25, -0.2) is 19.3 Å². The van der Waals surface area contributed by atoms with E-state index in [9.17, 15) is 4.39 Å². The molecule has 0 fully saturated rings. The van der Waals surface area contributed by atoms with Crippen LogP contribution in [0.5, 0.6) is 0 Å². The van der Waals surface area contributed by atoms with E-state index >= 15 is 0 Å². The van der Waals surface area contributed by atoms with Crippen molar-refractivity contribution >= 4 is 0 Å². The van der Waals surface area contributed by atoms with Gasteiger partial charge in [-0.2, -0.15) is 9.78 Å². The molecule has 0 aliphatic rings. The van der Waals surface area contributed by atoms with E-state index < -0.39 is 6.67 Å². The molecule has 2 rings (SSSR count). The van der Waals surface area contributed by atoms with Gasteiger partial charge in [0.05, 0.1) is 6.04 Å². The molecule has 2 aromatic rings. The summed E-state index contributed by atoms with van der Waals surface area (Å²) in [4.78, 5) is 12.3. The van der Waals surface area contributed by atoms with E-state index in [1.54, 1.807) is 18.5 Å². The molecule has 2 heterocycles. The van der Waals surface area contributed by atoms with Gasteiger partial charge in [-0.05, 0) is 13.0 Å². The highest BCUT2D eigenvalue weighted by Gasteiger charge is 2.14. The summed E-state index contributed by atoms with van der Waals surface area (Å²) in [5, 5.41) is 7.05. The minimum atomic E-state index is -0.416. The molecule has 0 bridgehead atoms. The predicted octanol–water partition coefficient (Wildman–Crippen LogP) is 0.677. The Hall–Kier alpha value is -1.89. The molecule has 6 nitrogen and oxygen atoms in total. The van der Waals surface area contributed by atoms with Gasteiger partial charge in [0.1, 0.15) is 13.0 Å². The molecule has 0 saturated carbocycles. The Morgan fingerprint density at radius 2 is 2.12 bits per heavy atom. The molecule has 7 heteroatoms. The number of halogens is 1.